The number of para-hydroxylation sites is 2. The van der Waals surface area contributed by atoms with Gasteiger partial charge in [0.2, 0.25) is 0 Å². The van der Waals surface area contributed by atoms with Crippen LogP contribution in [0.15, 0.2) is 109 Å². The largest absolute Gasteiger partial charge is 0.327 e. The first-order valence-corrected chi connectivity index (χ1v) is 9.71. The molecule has 0 aromatic heterocycles. The molecule has 3 nitrogen and oxygen atoms in total. The highest BCUT2D eigenvalue weighted by Crippen LogP contribution is 2.39. The maximum absolute atomic E-state index is 12.8. The van der Waals surface area contributed by atoms with Gasteiger partial charge in [-0.25, -0.2) is 0 Å². The van der Waals surface area contributed by atoms with Gasteiger partial charge in [0.05, 0.1) is 11.3 Å². The van der Waals surface area contributed by atoms with E-state index >= 15 is 0 Å². The van der Waals surface area contributed by atoms with E-state index in [2.05, 4.69) is 58.7 Å². The summed E-state index contributed by atoms with van der Waals surface area (Å²) in [5.74, 6) is -0.0510. The van der Waals surface area contributed by atoms with Crippen LogP contribution in [0.2, 0.25) is 0 Å². The average Bonchev–Trinajstić information content (AvgIpc) is 2.80. The molecule has 0 fully saturated rings. The molecule has 1 amide bonds. The monoisotopic (exact) mass is 376 g/mol. The van der Waals surface area contributed by atoms with Crippen LogP contribution in [0.5, 0.6) is 0 Å². The van der Waals surface area contributed by atoms with Crippen molar-refractivity contribution in [3.8, 4) is 11.1 Å². The molecule has 1 aliphatic rings. The van der Waals surface area contributed by atoms with Gasteiger partial charge in [-0.15, -0.1) is 0 Å². The number of nitrogens with one attached hydrogen (secondary N) is 1. The summed E-state index contributed by atoms with van der Waals surface area (Å²) in [6.45, 7) is 0. The molecule has 1 unspecified atom stereocenters. The topological polar surface area (TPSA) is 32.3 Å². The second kappa shape index (κ2) is 7.28. The molecule has 0 saturated carbocycles. The first-order chi connectivity index (χ1) is 14.3. The summed E-state index contributed by atoms with van der Waals surface area (Å²) in [7, 11) is 0. The Kier molecular flexibility index (Phi) is 4.34. The van der Waals surface area contributed by atoms with Crippen LogP contribution in [0, 0.1) is 0 Å². The number of rotatable bonds is 3. The average molecular weight is 376 g/mol. The molecule has 1 aliphatic heterocycles. The second-order valence-corrected chi connectivity index (χ2v) is 7.09. The molecule has 5 rings (SSSR count). The van der Waals surface area contributed by atoms with Crippen LogP contribution in [0.3, 0.4) is 0 Å². The molecule has 1 heterocycles. The van der Waals surface area contributed by atoms with E-state index in [4.69, 9.17) is 0 Å². The molecule has 1 atom stereocenters. The third-order valence-corrected chi connectivity index (χ3v) is 5.30. The first-order valence-electron chi connectivity index (χ1n) is 9.71. The number of amides is 1. The van der Waals surface area contributed by atoms with Crippen molar-refractivity contribution in [1.82, 2.24) is 5.32 Å². The maximum atomic E-state index is 12.8. The molecule has 29 heavy (non-hydrogen) atoms. The Balaban J connectivity index is 1.59. The fourth-order valence-corrected chi connectivity index (χ4v) is 3.88. The van der Waals surface area contributed by atoms with Crippen LogP contribution >= 0.6 is 0 Å². The van der Waals surface area contributed by atoms with E-state index in [0.717, 1.165) is 22.5 Å². The Morgan fingerprint density at radius 1 is 0.621 bits per heavy atom. The molecule has 1 N–H and O–H groups in total. The predicted octanol–water partition coefficient (Wildman–Crippen LogP) is 5.93. The van der Waals surface area contributed by atoms with E-state index in [1.54, 1.807) is 0 Å². The van der Waals surface area contributed by atoms with Gasteiger partial charge in [-0.05, 0) is 41.0 Å². The van der Waals surface area contributed by atoms with Crippen molar-refractivity contribution < 1.29 is 4.79 Å². The number of hydrogen-bond acceptors (Lipinski definition) is 2. The van der Waals surface area contributed by atoms with Crippen molar-refractivity contribution in [2.45, 2.75) is 6.17 Å². The number of fused-ring (bicyclic) bond motifs is 1. The minimum Gasteiger partial charge on any atom is -0.327 e. The van der Waals surface area contributed by atoms with Crippen molar-refractivity contribution in [2.24, 2.45) is 0 Å². The Bertz CT molecular complexity index is 1140. The third-order valence-electron chi connectivity index (χ3n) is 5.30. The van der Waals surface area contributed by atoms with E-state index in [-0.39, 0.29) is 12.1 Å². The van der Waals surface area contributed by atoms with Gasteiger partial charge in [0.1, 0.15) is 6.17 Å². The smallest absolute Gasteiger partial charge is 0.255 e. The molecular formula is C26H20N2O. The second-order valence-electron chi connectivity index (χ2n) is 7.09. The zero-order chi connectivity index (χ0) is 19.6. The lowest BCUT2D eigenvalue weighted by atomic mass is 9.99. The zero-order valence-electron chi connectivity index (χ0n) is 15.8. The summed E-state index contributed by atoms with van der Waals surface area (Å²) in [6.07, 6.45) is -0.273. The molecule has 0 spiro atoms. The maximum Gasteiger partial charge on any atom is 0.255 e. The van der Waals surface area contributed by atoms with Crippen LogP contribution in [0.25, 0.3) is 11.1 Å². The minimum atomic E-state index is -0.273. The van der Waals surface area contributed by atoms with Crippen molar-refractivity contribution in [2.75, 3.05) is 4.90 Å². The van der Waals surface area contributed by atoms with Crippen molar-refractivity contribution in [3.63, 3.8) is 0 Å². The summed E-state index contributed by atoms with van der Waals surface area (Å²) in [5.41, 5.74) is 6.02. The molecule has 3 heteroatoms. The molecule has 140 valence electrons. The fraction of sp³-hybridized carbons (Fsp3) is 0.0385. The van der Waals surface area contributed by atoms with Crippen LogP contribution in [0.4, 0.5) is 11.4 Å². The van der Waals surface area contributed by atoms with E-state index in [9.17, 15) is 4.79 Å². The molecule has 0 saturated heterocycles. The van der Waals surface area contributed by atoms with Crippen molar-refractivity contribution in [3.05, 3.63) is 120 Å². The minimum absolute atomic E-state index is 0.0510. The highest BCUT2D eigenvalue weighted by atomic mass is 16.2. The van der Waals surface area contributed by atoms with Gasteiger partial charge in [-0.1, -0.05) is 84.9 Å². The number of carbonyl (C=O) groups excluding carboxylic acids is 1. The van der Waals surface area contributed by atoms with E-state index in [1.807, 2.05) is 60.7 Å². The molecule has 0 bridgehead atoms. The van der Waals surface area contributed by atoms with Gasteiger partial charge in [0, 0.05) is 5.69 Å². The lowest BCUT2D eigenvalue weighted by Gasteiger charge is -2.39. The van der Waals surface area contributed by atoms with Gasteiger partial charge in [-0.3, -0.25) is 4.79 Å². The van der Waals surface area contributed by atoms with Crippen LogP contribution in [-0.4, -0.2) is 5.91 Å². The number of hydrogen-bond donors (Lipinski definition) is 1. The molecular weight excluding hydrogens is 356 g/mol. The Labute approximate surface area is 170 Å². The van der Waals surface area contributed by atoms with Gasteiger partial charge in [-0.2, -0.15) is 0 Å². The highest BCUT2D eigenvalue weighted by molar-refractivity contribution is 6.03. The highest BCUT2D eigenvalue weighted by Gasteiger charge is 2.32. The summed E-state index contributed by atoms with van der Waals surface area (Å²) in [5, 5.41) is 3.18. The Hall–Kier alpha value is -3.85. The molecule has 0 aliphatic carbocycles. The first kappa shape index (κ1) is 17.3. The van der Waals surface area contributed by atoms with Gasteiger partial charge >= 0.3 is 0 Å². The number of anilines is 2. The summed E-state index contributed by atoms with van der Waals surface area (Å²) >= 11 is 0. The zero-order valence-corrected chi connectivity index (χ0v) is 15.8. The normalized spacial score (nSPS) is 15.5. The van der Waals surface area contributed by atoms with Crippen molar-refractivity contribution >= 4 is 17.3 Å². The SMILES string of the molecule is O=C1NC(c2ccc(-c3ccccc3)cc2)N(c2ccccc2)c2ccccc21. The van der Waals surface area contributed by atoms with E-state index < -0.39 is 0 Å². The summed E-state index contributed by atoms with van der Waals surface area (Å²) < 4.78 is 0. The van der Waals surface area contributed by atoms with Gasteiger partial charge in [0.25, 0.3) is 5.91 Å². The lowest BCUT2D eigenvalue weighted by Crippen LogP contribution is -2.44. The summed E-state index contributed by atoms with van der Waals surface area (Å²) in [4.78, 5) is 15.0. The predicted molar refractivity (Wildman–Crippen MR) is 117 cm³/mol. The third kappa shape index (κ3) is 3.17. The van der Waals surface area contributed by atoms with Crippen molar-refractivity contribution in [1.29, 1.82) is 0 Å². The fourth-order valence-electron chi connectivity index (χ4n) is 3.88. The quantitative estimate of drug-likeness (QED) is 0.480. The van der Waals surface area contributed by atoms with E-state index in [0.29, 0.717) is 5.56 Å². The lowest BCUT2D eigenvalue weighted by molar-refractivity contribution is 0.0930. The summed E-state index contributed by atoms with van der Waals surface area (Å²) in [6, 6.07) is 36.6. The number of benzene rings is 4. The van der Waals surface area contributed by atoms with Gasteiger partial charge in [0.15, 0.2) is 0 Å². The molecule has 4 aromatic carbocycles. The Morgan fingerprint density at radius 3 is 1.93 bits per heavy atom. The number of carbonyl (C=O) groups is 1. The number of nitrogens with zero attached hydrogens (tertiary/aromatic N) is 1. The standard InChI is InChI=1S/C26H20N2O/c29-26-23-13-7-8-14-24(23)28(22-11-5-2-6-12-22)25(27-26)21-17-15-20(16-18-21)19-9-3-1-4-10-19/h1-18,25H,(H,27,29). The van der Waals surface area contributed by atoms with Crippen LogP contribution in [0.1, 0.15) is 22.1 Å². The van der Waals surface area contributed by atoms with Gasteiger partial charge < -0.3 is 10.2 Å². The molecule has 0 radical (unpaired) electrons. The Morgan fingerprint density at radius 2 is 1.21 bits per heavy atom. The van der Waals surface area contributed by atoms with Crippen LogP contribution < -0.4 is 10.2 Å². The van der Waals surface area contributed by atoms with Crippen LogP contribution in [-0.2, 0) is 0 Å². The van der Waals surface area contributed by atoms with E-state index in [1.165, 1.54) is 5.56 Å². The molecule has 4 aromatic rings.